The molecule has 10 heteroatoms. The number of carbonyl (C=O) groups is 1. The molecule has 1 fully saturated rings. The zero-order valence-corrected chi connectivity index (χ0v) is 19.5. The average molecular weight is 466 g/mol. The Bertz CT molecular complexity index is 1150. The third-order valence-electron chi connectivity index (χ3n) is 5.35. The number of benzene rings is 2. The van der Waals surface area contributed by atoms with Crippen LogP contribution in [-0.2, 0) is 11.3 Å². The van der Waals surface area contributed by atoms with Gasteiger partial charge in [0.2, 0.25) is 0 Å². The summed E-state index contributed by atoms with van der Waals surface area (Å²) in [7, 11) is 1.82. The Morgan fingerprint density at radius 1 is 1.24 bits per heavy atom. The number of aromatic nitrogens is 3. The zero-order valence-electron chi connectivity index (χ0n) is 19.5. The molecule has 0 saturated carbocycles. The third-order valence-corrected chi connectivity index (χ3v) is 5.35. The van der Waals surface area contributed by atoms with Crippen molar-refractivity contribution in [2.45, 2.75) is 39.0 Å². The number of cyclic esters (lactones) is 1. The Morgan fingerprint density at radius 2 is 2.03 bits per heavy atom. The summed E-state index contributed by atoms with van der Waals surface area (Å²) >= 11 is 0. The molecule has 178 valence electrons. The van der Waals surface area contributed by atoms with E-state index in [0.29, 0.717) is 43.0 Å². The lowest BCUT2D eigenvalue weighted by Crippen LogP contribution is -2.25. The SMILES string of the molecule is CC(C)N=NN(C)CCC1CN(c2ccc(-c3cn(Cc4ccccc4)nn3)c(F)c2)C(=O)O1. The lowest BCUT2D eigenvalue weighted by atomic mass is 10.1. The van der Waals surface area contributed by atoms with Crippen LogP contribution < -0.4 is 4.90 Å². The van der Waals surface area contributed by atoms with Crippen molar-refractivity contribution < 1.29 is 13.9 Å². The monoisotopic (exact) mass is 465 g/mol. The highest BCUT2D eigenvalue weighted by Crippen LogP contribution is 2.28. The highest BCUT2D eigenvalue weighted by atomic mass is 19.1. The van der Waals surface area contributed by atoms with Crippen LogP contribution in [0.3, 0.4) is 0 Å². The van der Waals surface area contributed by atoms with Crippen molar-refractivity contribution in [1.82, 2.24) is 20.0 Å². The molecule has 1 aromatic heterocycles. The van der Waals surface area contributed by atoms with E-state index in [4.69, 9.17) is 4.74 Å². The molecule has 1 amide bonds. The molecule has 34 heavy (non-hydrogen) atoms. The van der Waals surface area contributed by atoms with Gasteiger partial charge in [0.15, 0.2) is 0 Å². The molecule has 4 rings (SSSR count). The van der Waals surface area contributed by atoms with Gasteiger partial charge in [-0.25, -0.2) is 13.9 Å². The number of hydrogen-bond donors (Lipinski definition) is 0. The Balaban J connectivity index is 1.39. The van der Waals surface area contributed by atoms with E-state index >= 15 is 0 Å². The van der Waals surface area contributed by atoms with Crippen LogP contribution in [0.4, 0.5) is 14.9 Å². The fourth-order valence-corrected chi connectivity index (χ4v) is 3.60. The van der Waals surface area contributed by atoms with Gasteiger partial charge in [0.05, 0.1) is 31.0 Å². The predicted octanol–water partition coefficient (Wildman–Crippen LogP) is 4.56. The molecule has 0 spiro atoms. The van der Waals surface area contributed by atoms with E-state index in [1.807, 2.05) is 51.2 Å². The summed E-state index contributed by atoms with van der Waals surface area (Å²) in [6, 6.07) is 14.6. The Hall–Kier alpha value is -3.82. The molecule has 2 aromatic carbocycles. The Morgan fingerprint density at radius 3 is 2.76 bits per heavy atom. The highest BCUT2D eigenvalue weighted by molar-refractivity contribution is 5.90. The van der Waals surface area contributed by atoms with Crippen molar-refractivity contribution in [3.05, 3.63) is 66.1 Å². The van der Waals surface area contributed by atoms with Crippen molar-refractivity contribution in [1.29, 1.82) is 0 Å². The van der Waals surface area contributed by atoms with Crippen LogP contribution in [0.15, 0.2) is 65.1 Å². The number of amides is 1. The molecule has 1 saturated heterocycles. The van der Waals surface area contributed by atoms with E-state index in [0.717, 1.165) is 5.56 Å². The number of nitrogens with zero attached hydrogens (tertiary/aromatic N) is 7. The maximum Gasteiger partial charge on any atom is 0.414 e. The van der Waals surface area contributed by atoms with Gasteiger partial charge in [0.25, 0.3) is 0 Å². The maximum atomic E-state index is 15.0. The van der Waals surface area contributed by atoms with E-state index < -0.39 is 11.9 Å². The first-order valence-electron chi connectivity index (χ1n) is 11.2. The quantitative estimate of drug-likeness (QED) is 0.342. The van der Waals surface area contributed by atoms with E-state index in [9.17, 15) is 9.18 Å². The topological polar surface area (TPSA) is 88.2 Å². The summed E-state index contributed by atoms with van der Waals surface area (Å²) < 4.78 is 22.1. The number of carbonyl (C=O) groups excluding carboxylic acids is 1. The number of hydrogen-bond acceptors (Lipinski definition) is 6. The molecular weight excluding hydrogens is 437 g/mol. The molecule has 0 bridgehead atoms. The molecule has 9 nitrogen and oxygen atoms in total. The van der Waals surface area contributed by atoms with Gasteiger partial charge in [-0.1, -0.05) is 40.8 Å². The fourth-order valence-electron chi connectivity index (χ4n) is 3.60. The summed E-state index contributed by atoms with van der Waals surface area (Å²) in [6.07, 6.45) is 1.52. The number of rotatable bonds is 9. The molecule has 0 radical (unpaired) electrons. The van der Waals surface area contributed by atoms with Crippen LogP contribution in [0.2, 0.25) is 0 Å². The summed E-state index contributed by atoms with van der Waals surface area (Å²) in [5.74, 6) is -0.477. The molecule has 0 N–H and O–H groups in total. The van der Waals surface area contributed by atoms with Crippen molar-refractivity contribution in [2.75, 3.05) is 25.0 Å². The zero-order chi connectivity index (χ0) is 24.1. The predicted molar refractivity (Wildman–Crippen MR) is 126 cm³/mol. The van der Waals surface area contributed by atoms with Crippen LogP contribution in [0, 0.1) is 5.82 Å². The second-order valence-corrected chi connectivity index (χ2v) is 8.54. The van der Waals surface area contributed by atoms with Gasteiger partial charge in [-0.15, -0.1) is 5.10 Å². The summed E-state index contributed by atoms with van der Waals surface area (Å²) in [6.45, 7) is 5.38. The molecular formula is C24H28FN7O2. The van der Waals surface area contributed by atoms with E-state index in [1.54, 1.807) is 28.0 Å². The van der Waals surface area contributed by atoms with Crippen molar-refractivity contribution in [2.24, 2.45) is 10.3 Å². The second kappa shape index (κ2) is 10.4. The average Bonchev–Trinajstić information content (AvgIpc) is 3.43. The number of halogens is 1. The van der Waals surface area contributed by atoms with Crippen molar-refractivity contribution >= 4 is 11.8 Å². The maximum absolute atomic E-state index is 15.0. The Kier molecular flexibility index (Phi) is 7.15. The largest absolute Gasteiger partial charge is 0.444 e. The minimum Gasteiger partial charge on any atom is -0.444 e. The van der Waals surface area contributed by atoms with Crippen molar-refractivity contribution in [3.8, 4) is 11.3 Å². The molecule has 0 aliphatic carbocycles. The number of ether oxygens (including phenoxy) is 1. The number of anilines is 1. The van der Waals surface area contributed by atoms with Gasteiger partial charge in [-0.2, -0.15) is 5.11 Å². The molecule has 1 unspecified atom stereocenters. The normalized spacial score (nSPS) is 16.0. The first kappa shape index (κ1) is 23.3. The highest BCUT2D eigenvalue weighted by Gasteiger charge is 2.32. The molecule has 2 heterocycles. The van der Waals surface area contributed by atoms with Crippen LogP contribution in [0.1, 0.15) is 25.8 Å². The lowest BCUT2D eigenvalue weighted by Gasteiger charge is -2.15. The van der Waals surface area contributed by atoms with Crippen LogP contribution in [0.5, 0.6) is 0 Å². The van der Waals surface area contributed by atoms with Gasteiger partial charge < -0.3 is 4.74 Å². The van der Waals surface area contributed by atoms with Crippen LogP contribution in [-0.4, -0.2) is 58.4 Å². The minimum absolute atomic E-state index is 0.119. The van der Waals surface area contributed by atoms with Gasteiger partial charge in [-0.05, 0) is 37.6 Å². The van der Waals surface area contributed by atoms with E-state index in [-0.39, 0.29) is 12.1 Å². The first-order chi connectivity index (χ1) is 16.4. The summed E-state index contributed by atoms with van der Waals surface area (Å²) in [5.41, 5.74) is 2.27. The summed E-state index contributed by atoms with van der Waals surface area (Å²) in [4.78, 5) is 13.8. The third kappa shape index (κ3) is 5.75. The standard InChI is InChI=1S/C24H28FN7O2/c1-17(2)26-28-30(3)12-11-20-15-32(24(33)34-20)19-9-10-21(22(25)13-19)23-16-31(29-27-23)14-18-7-5-4-6-8-18/h4-10,13,16-17,20H,11-12,14-15H2,1-3H3. The smallest absolute Gasteiger partial charge is 0.414 e. The van der Waals surface area contributed by atoms with Gasteiger partial charge in [0, 0.05) is 25.6 Å². The summed E-state index contributed by atoms with van der Waals surface area (Å²) in [5, 5.41) is 18.1. The van der Waals surface area contributed by atoms with Gasteiger partial charge in [0.1, 0.15) is 17.6 Å². The van der Waals surface area contributed by atoms with Crippen LogP contribution in [0.25, 0.3) is 11.3 Å². The first-order valence-corrected chi connectivity index (χ1v) is 11.2. The second-order valence-electron chi connectivity index (χ2n) is 8.54. The Labute approximate surface area is 197 Å². The van der Waals surface area contributed by atoms with Crippen molar-refractivity contribution in [3.63, 3.8) is 0 Å². The molecule has 1 aliphatic rings. The fraction of sp³-hybridized carbons (Fsp3) is 0.375. The van der Waals surface area contributed by atoms with Gasteiger partial charge >= 0.3 is 6.09 Å². The molecule has 1 aliphatic heterocycles. The van der Waals surface area contributed by atoms with Gasteiger partial charge in [-0.3, -0.25) is 9.91 Å². The van der Waals surface area contributed by atoms with E-state index in [2.05, 4.69) is 20.6 Å². The lowest BCUT2D eigenvalue weighted by molar-refractivity contribution is 0.128. The van der Waals surface area contributed by atoms with E-state index in [1.165, 1.54) is 11.0 Å². The molecule has 1 atom stereocenters. The minimum atomic E-state index is -0.489. The van der Waals surface area contributed by atoms with Crippen LogP contribution >= 0.6 is 0 Å². The molecule has 3 aromatic rings.